The van der Waals surface area contributed by atoms with Gasteiger partial charge in [0.25, 0.3) is 0 Å². The summed E-state index contributed by atoms with van der Waals surface area (Å²) < 4.78 is 1.07. The third-order valence-electron chi connectivity index (χ3n) is 4.07. The highest BCUT2D eigenvalue weighted by Crippen LogP contribution is 2.29. The van der Waals surface area contributed by atoms with E-state index in [-0.39, 0.29) is 0 Å². The molecular formula is C17H18ClN5S. The predicted octanol–water partition coefficient (Wildman–Crippen LogP) is 3.54. The normalized spacial score (nSPS) is 17.5. The fraction of sp³-hybridized carbons (Fsp3) is 0.294. The highest BCUT2D eigenvalue weighted by Gasteiger charge is 2.13. The van der Waals surface area contributed by atoms with Gasteiger partial charge in [-0.25, -0.2) is 9.97 Å². The van der Waals surface area contributed by atoms with Crippen molar-refractivity contribution in [2.75, 3.05) is 18.4 Å². The molecule has 24 heavy (non-hydrogen) atoms. The van der Waals surface area contributed by atoms with Crippen molar-refractivity contribution in [3.05, 3.63) is 47.1 Å². The van der Waals surface area contributed by atoms with E-state index in [0.29, 0.717) is 6.04 Å². The van der Waals surface area contributed by atoms with E-state index in [1.807, 2.05) is 30.5 Å². The summed E-state index contributed by atoms with van der Waals surface area (Å²) in [5.74, 6) is 0.809. The van der Waals surface area contributed by atoms with Crippen molar-refractivity contribution in [1.29, 1.82) is 0 Å². The molecule has 0 spiro atoms. The number of benzene rings is 1. The third kappa shape index (κ3) is 3.67. The van der Waals surface area contributed by atoms with E-state index >= 15 is 0 Å². The van der Waals surface area contributed by atoms with Crippen LogP contribution in [0.2, 0.25) is 5.02 Å². The zero-order valence-corrected chi connectivity index (χ0v) is 14.6. The molecule has 1 unspecified atom stereocenters. The summed E-state index contributed by atoms with van der Waals surface area (Å²) in [6.07, 6.45) is 3.01. The summed E-state index contributed by atoms with van der Waals surface area (Å²) in [6, 6.07) is 10.4. The van der Waals surface area contributed by atoms with Crippen molar-refractivity contribution in [2.24, 2.45) is 0 Å². The topological polar surface area (TPSA) is 61.9 Å². The number of nitrogens with zero attached hydrogens (tertiary/aromatic N) is 2. The van der Waals surface area contributed by atoms with Crippen molar-refractivity contribution in [2.45, 2.75) is 19.0 Å². The van der Waals surface area contributed by atoms with Gasteiger partial charge < -0.3 is 16.0 Å². The fourth-order valence-electron chi connectivity index (χ4n) is 2.81. The molecule has 1 fully saturated rings. The largest absolute Gasteiger partial charge is 0.316 e. The van der Waals surface area contributed by atoms with Crippen molar-refractivity contribution in [3.8, 4) is 0 Å². The Labute approximate surface area is 149 Å². The van der Waals surface area contributed by atoms with Crippen LogP contribution in [0.5, 0.6) is 0 Å². The number of rotatable bonds is 5. The van der Waals surface area contributed by atoms with Crippen molar-refractivity contribution in [1.82, 2.24) is 20.6 Å². The molecule has 4 rings (SSSR count). The summed E-state index contributed by atoms with van der Waals surface area (Å²) in [5, 5.41) is 11.8. The first kappa shape index (κ1) is 15.8. The minimum atomic E-state index is 0.559. The van der Waals surface area contributed by atoms with Gasteiger partial charge in [-0.05, 0) is 48.9 Å². The number of fused-ring (bicyclic) bond motifs is 1. The third-order valence-corrected chi connectivity index (χ3v) is 5.23. The molecule has 0 radical (unpaired) electrons. The Kier molecular flexibility index (Phi) is 4.62. The molecular weight excluding hydrogens is 342 g/mol. The molecule has 3 aromatic rings. The number of anilines is 2. The van der Waals surface area contributed by atoms with Gasteiger partial charge in [0.1, 0.15) is 5.82 Å². The van der Waals surface area contributed by atoms with E-state index in [2.05, 4.69) is 32.0 Å². The average Bonchev–Trinajstić information content (AvgIpc) is 3.22. The quantitative estimate of drug-likeness (QED) is 0.650. The lowest BCUT2D eigenvalue weighted by Gasteiger charge is -2.11. The first-order chi connectivity index (χ1) is 11.8. The molecule has 5 nitrogen and oxygen atoms in total. The molecule has 0 amide bonds. The highest BCUT2D eigenvalue weighted by atomic mass is 35.5. The monoisotopic (exact) mass is 359 g/mol. The number of aromatic nitrogens is 2. The van der Waals surface area contributed by atoms with Crippen LogP contribution in [-0.4, -0.2) is 29.1 Å². The Morgan fingerprint density at radius 1 is 1.29 bits per heavy atom. The molecule has 1 aromatic carbocycles. The first-order valence-electron chi connectivity index (χ1n) is 7.98. The predicted molar refractivity (Wildman–Crippen MR) is 100 cm³/mol. The van der Waals surface area contributed by atoms with Gasteiger partial charge in [-0.3, -0.25) is 0 Å². The van der Waals surface area contributed by atoms with Crippen LogP contribution >= 0.6 is 22.9 Å². The zero-order chi connectivity index (χ0) is 16.4. The van der Waals surface area contributed by atoms with Crippen molar-refractivity contribution < 1.29 is 0 Å². The molecule has 1 aliphatic rings. The number of nitrogens with one attached hydrogen (secondary N) is 3. The molecule has 0 bridgehead atoms. The molecule has 1 atom stereocenters. The summed E-state index contributed by atoms with van der Waals surface area (Å²) in [6.45, 7) is 2.99. The molecule has 0 aliphatic carbocycles. The Balaban J connectivity index is 1.45. The minimum absolute atomic E-state index is 0.559. The van der Waals surface area contributed by atoms with Gasteiger partial charge >= 0.3 is 0 Å². The number of hydrogen-bond donors (Lipinski definition) is 3. The van der Waals surface area contributed by atoms with Crippen LogP contribution in [0.15, 0.2) is 36.5 Å². The van der Waals surface area contributed by atoms with Crippen LogP contribution in [0.25, 0.3) is 10.2 Å². The van der Waals surface area contributed by atoms with Crippen molar-refractivity contribution >= 4 is 44.1 Å². The fourth-order valence-corrected chi connectivity index (χ4v) is 3.95. The van der Waals surface area contributed by atoms with Crippen LogP contribution in [0.1, 0.15) is 12.0 Å². The van der Waals surface area contributed by atoms with Gasteiger partial charge in [-0.1, -0.05) is 22.9 Å². The summed E-state index contributed by atoms with van der Waals surface area (Å²) >= 11 is 7.61. The second-order valence-electron chi connectivity index (χ2n) is 5.88. The molecule has 1 aliphatic heterocycles. The minimum Gasteiger partial charge on any atom is -0.316 e. The lowest BCUT2D eigenvalue weighted by Crippen LogP contribution is -2.30. The van der Waals surface area contributed by atoms with Crippen LogP contribution in [0, 0.1) is 0 Å². The summed E-state index contributed by atoms with van der Waals surface area (Å²) in [7, 11) is 0. The smallest absolute Gasteiger partial charge is 0.189 e. The van der Waals surface area contributed by atoms with Crippen LogP contribution in [-0.2, 0) is 6.54 Å². The van der Waals surface area contributed by atoms with Crippen LogP contribution in [0.3, 0.4) is 0 Å². The lowest BCUT2D eigenvalue weighted by atomic mass is 10.2. The Bertz CT molecular complexity index is 844. The van der Waals surface area contributed by atoms with Gasteiger partial charge in [0.2, 0.25) is 0 Å². The number of thiazole rings is 1. The Hall–Kier alpha value is -1.73. The van der Waals surface area contributed by atoms with Crippen LogP contribution < -0.4 is 16.0 Å². The maximum atomic E-state index is 6.03. The van der Waals surface area contributed by atoms with E-state index in [4.69, 9.17) is 11.6 Å². The molecule has 3 N–H and O–H groups in total. The molecule has 0 saturated carbocycles. The molecule has 2 aromatic heterocycles. The van der Waals surface area contributed by atoms with E-state index in [9.17, 15) is 0 Å². The lowest BCUT2D eigenvalue weighted by molar-refractivity contribution is 0.547. The maximum absolute atomic E-state index is 6.03. The standard InChI is InChI=1S/C17H18ClN5S/c18-12-1-2-14-15(8-12)24-17(22-14)23-16-7-11(3-6-20-16)9-21-13-4-5-19-10-13/h1-3,6-8,13,19,21H,4-5,9-10H2,(H,20,22,23). The van der Waals surface area contributed by atoms with Gasteiger partial charge in [0.05, 0.1) is 10.2 Å². The Morgan fingerprint density at radius 3 is 3.12 bits per heavy atom. The second-order valence-corrected chi connectivity index (χ2v) is 7.34. The first-order valence-corrected chi connectivity index (χ1v) is 9.18. The van der Waals surface area contributed by atoms with E-state index < -0.39 is 0 Å². The van der Waals surface area contributed by atoms with E-state index in [1.165, 1.54) is 12.0 Å². The second kappa shape index (κ2) is 7.03. The number of pyridine rings is 1. The number of halogens is 1. The highest BCUT2D eigenvalue weighted by molar-refractivity contribution is 7.22. The van der Waals surface area contributed by atoms with Gasteiger partial charge in [-0.2, -0.15) is 0 Å². The van der Waals surface area contributed by atoms with E-state index in [1.54, 1.807) is 11.3 Å². The van der Waals surface area contributed by atoms with Crippen LogP contribution in [0.4, 0.5) is 10.9 Å². The molecule has 124 valence electrons. The Morgan fingerprint density at radius 2 is 2.25 bits per heavy atom. The summed E-state index contributed by atoms with van der Waals surface area (Å²) in [5.41, 5.74) is 2.15. The maximum Gasteiger partial charge on any atom is 0.189 e. The summed E-state index contributed by atoms with van der Waals surface area (Å²) in [4.78, 5) is 8.96. The number of hydrogen-bond acceptors (Lipinski definition) is 6. The molecule has 3 heterocycles. The molecule has 1 saturated heterocycles. The van der Waals surface area contributed by atoms with Gasteiger partial charge in [0.15, 0.2) is 5.13 Å². The van der Waals surface area contributed by atoms with Gasteiger partial charge in [-0.15, -0.1) is 0 Å². The zero-order valence-electron chi connectivity index (χ0n) is 13.1. The van der Waals surface area contributed by atoms with E-state index in [0.717, 1.165) is 45.8 Å². The SMILES string of the molecule is Clc1ccc2nc(Nc3cc(CNC4CCNC4)ccn3)sc2c1. The van der Waals surface area contributed by atoms with Gasteiger partial charge in [0, 0.05) is 30.4 Å². The van der Waals surface area contributed by atoms with Crippen molar-refractivity contribution in [3.63, 3.8) is 0 Å². The molecule has 7 heteroatoms. The average molecular weight is 360 g/mol.